The van der Waals surface area contributed by atoms with E-state index in [4.69, 9.17) is 0 Å². The normalized spacial score (nSPS) is 15.5. The summed E-state index contributed by atoms with van der Waals surface area (Å²) in [6.45, 7) is 8.52. The van der Waals surface area contributed by atoms with Crippen LogP contribution in [0.25, 0.3) is 0 Å². The smallest absolute Gasteiger partial charge is 0.243 e. The van der Waals surface area contributed by atoms with E-state index in [0.29, 0.717) is 6.54 Å². The summed E-state index contributed by atoms with van der Waals surface area (Å²) in [4.78, 5) is 11.2. The Labute approximate surface area is 93.7 Å². The van der Waals surface area contributed by atoms with Gasteiger partial charge in [-0.1, -0.05) is 19.9 Å². The van der Waals surface area contributed by atoms with Crippen LogP contribution >= 0.6 is 0 Å². The molecule has 0 saturated heterocycles. The third-order valence-electron chi connectivity index (χ3n) is 3.24. The van der Waals surface area contributed by atoms with Crippen LogP contribution < -0.4 is 5.32 Å². The maximum Gasteiger partial charge on any atom is 0.243 e. The van der Waals surface area contributed by atoms with Crippen LogP contribution in [0.3, 0.4) is 0 Å². The average molecular weight is 213 g/mol. The molecule has 0 spiro atoms. The minimum Gasteiger partial charge on any atom is -0.346 e. The van der Waals surface area contributed by atoms with Crippen LogP contribution in [0.15, 0.2) is 12.7 Å². The Balaban J connectivity index is 4.52. The van der Waals surface area contributed by atoms with Crippen molar-refractivity contribution < 1.29 is 9.28 Å². The summed E-state index contributed by atoms with van der Waals surface area (Å²) >= 11 is 0. The first kappa shape index (κ1) is 14.2. The van der Waals surface area contributed by atoms with Crippen molar-refractivity contribution in [3.8, 4) is 0 Å². The number of carbonyl (C=O) groups excluding carboxylic acids is 1. The zero-order valence-corrected chi connectivity index (χ0v) is 10.8. The predicted molar refractivity (Wildman–Crippen MR) is 64.6 cm³/mol. The fourth-order valence-corrected chi connectivity index (χ4v) is 1.55. The molecule has 0 radical (unpaired) electrons. The van der Waals surface area contributed by atoms with E-state index in [9.17, 15) is 4.79 Å². The molecular weight excluding hydrogens is 188 g/mol. The average Bonchev–Trinajstić information content (AvgIpc) is 2.13. The van der Waals surface area contributed by atoms with Gasteiger partial charge in [0.05, 0.1) is 27.7 Å². The molecule has 1 N–H and O–H groups in total. The molecule has 15 heavy (non-hydrogen) atoms. The van der Waals surface area contributed by atoms with E-state index in [-0.39, 0.29) is 11.4 Å². The first-order valence-corrected chi connectivity index (χ1v) is 5.48. The quantitative estimate of drug-likeness (QED) is 0.526. The van der Waals surface area contributed by atoms with Gasteiger partial charge in [-0.15, -0.1) is 0 Å². The molecule has 88 valence electrons. The summed E-state index contributed by atoms with van der Waals surface area (Å²) in [6, 6.07) is 0. The Morgan fingerprint density at radius 2 is 2.00 bits per heavy atom. The fourth-order valence-electron chi connectivity index (χ4n) is 1.55. The zero-order chi connectivity index (χ0) is 12.1. The Morgan fingerprint density at radius 3 is 2.33 bits per heavy atom. The van der Waals surface area contributed by atoms with Crippen LogP contribution in [-0.2, 0) is 4.79 Å². The molecule has 1 atom stereocenters. The summed E-state index contributed by atoms with van der Waals surface area (Å²) in [7, 11) is 6.49. The van der Waals surface area contributed by atoms with Gasteiger partial charge in [0.25, 0.3) is 0 Å². The van der Waals surface area contributed by atoms with Crippen molar-refractivity contribution in [2.24, 2.45) is 0 Å². The largest absolute Gasteiger partial charge is 0.346 e. The van der Waals surface area contributed by atoms with E-state index in [1.54, 1.807) is 0 Å². The van der Waals surface area contributed by atoms with Gasteiger partial charge in [0.15, 0.2) is 0 Å². The second kappa shape index (κ2) is 5.31. The van der Waals surface area contributed by atoms with Crippen molar-refractivity contribution in [1.29, 1.82) is 0 Å². The molecule has 3 nitrogen and oxygen atoms in total. The molecule has 0 saturated carbocycles. The first-order valence-electron chi connectivity index (χ1n) is 5.48. The maximum absolute atomic E-state index is 11.2. The fraction of sp³-hybridized carbons (Fsp3) is 0.750. The number of quaternary nitrogens is 1. The summed E-state index contributed by atoms with van der Waals surface area (Å²) in [5, 5.41) is 2.89. The number of amides is 1. The summed E-state index contributed by atoms with van der Waals surface area (Å²) in [6.07, 6.45) is 3.53. The second-order valence-corrected chi connectivity index (χ2v) is 5.18. The van der Waals surface area contributed by atoms with Gasteiger partial charge in [-0.25, -0.2) is 0 Å². The van der Waals surface area contributed by atoms with Gasteiger partial charge in [-0.2, -0.15) is 0 Å². The van der Waals surface area contributed by atoms with Crippen LogP contribution in [0, 0.1) is 0 Å². The van der Waals surface area contributed by atoms with E-state index < -0.39 is 0 Å². The topological polar surface area (TPSA) is 29.1 Å². The van der Waals surface area contributed by atoms with Crippen LogP contribution in [0.2, 0.25) is 0 Å². The lowest BCUT2D eigenvalue weighted by Gasteiger charge is -2.44. The minimum absolute atomic E-state index is 0.0768. The number of hydrogen-bond donors (Lipinski definition) is 1. The molecule has 0 aromatic carbocycles. The van der Waals surface area contributed by atoms with Gasteiger partial charge >= 0.3 is 0 Å². The van der Waals surface area contributed by atoms with Gasteiger partial charge < -0.3 is 9.80 Å². The van der Waals surface area contributed by atoms with Crippen molar-refractivity contribution in [2.45, 2.75) is 32.2 Å². The zero-order valence-electron chi connectivity index (χ0n) is 10.8. The van der Waals surface area contributed by atoms with E-state index in [0.717, 1.165) is 17.3 Å². The van der Waals surface area contributed by atoms with Gasteiger partial charge in [0.1, 0.15) is 5.54 Å². The van der Waals surface area contributed by atoms with Crippen molar-refractivity contribution >= 4 is 5.91 Å². The highest BCUT2D eigenvalue weighted by atomic mass is 16.1. The number of hydrogen-bond acceptors (Lipinski definition) is 1. The predicted octanol–water partition coefficient (Wildman–Crippen LogP) is 1.55. The summed E-state index contributed by atoms with van der Waals surface area (Å²) < 4.78 is 0.845. The molecule has 1 amide bonds. The second-order valence-electron chi connectivity index (χ2n) is 5.18. The molecular formula is C12H25N2O+. The monoisotopic (exact) mass is 213 g/mol. The number of rotatable bonds is 6. The van der Waals surface area contributed by atoms with Gasteiger partial charge in [0.2, 0.25) is 5.91 Å². The third kappa shape index (κ3) is 4.04. The van der Waals surface area contributed by atoms with Gasteiger partial charge in [0, 0.05) is 6.42 Å². The number of nitrogens with one attached hydrogen (secondary N) is 1. The number of carbonyl (C=O) groups is 1. The third-order valence-corrected chi connectivity index (χ3v) is 3.24. The highest BCUT2D eigenvalue weighted by molar-refractivity contribution is 5.86. The van der Waals surface area contributed by atoms with Gasteiger partial charge in [-0.05, 0) is 13.0 Å². The summed E-state index contributed by atoms with van der Waals surface area (Å²) in [5.41, 5.74) is 0.0768. The molecule has 0 bridgehead atoms. The summed E-state index contributed by atoms with van der Waals surface area (Å²) in [5.74, 6) is -0.0919. The van der Waals surface area contributed by atoms with Gasteiger partial charge in [-0.3, -0.25) is 4.79 Å². The van der Waals surface area contributed by atoms with Crippen molar-refractivity contribution in [3.63, 3.8) is 0 Å². The molecule has 1 unspecified atom stereocenters. The molecule has 0 aromatic rings. The minimum atomic E-state index is -0.0919. The van der Waals surface area contributed by atoms with E-state index >= 15 is 0 Å². The van der Waals surface area contributed by atoms with Crippen molar-refractivity contribution in [2.75, 3.05) is 27.7 Å². The van der Waals surface area contributed by atoms with E-state index in [2.05, 4.69) is 46.9 Å². The molecule has 0 aliphatic carbocycles. The highest BCUT2D eigenvalue weighted by Gasteiger charge is 2.37. The van der Waals surface area contributed by atoms with E-state index in [1.165, 1.54) is 6.08 Å². The molecule has 0 rings (SSSR count). The lowest BCUT2D eigenvalue weighted by Crippen LogP contribution is -2.60. The molecule has 0 aliphatic rings. The lowest BCUT2D eigenvalue weighted by molar-refractivity contribution is -0.920. The lowest BCUT2D eigenvalue weighted by atomic mass is 9.92. The SMILES string of the molecule is C=CC(=O)NCC(C)(CCC)[N+](C)(C)C. The number of likely N-dealkylation sites (N-methyl/N-ethyl adjacent to an activating group) is 1. The highest BCUT2D eigenvalue weighted by Crippen LogP contribution is 2.23. The number of nitrogens with zero attached hydrogens (tertiary/aromatic N) is 1. The molecule has 0 aromatic heterocycles. The molecule has 0 fully saturated rings. The van der Waals surface area contributed by atoms with Crippen LogP contribution in [0.1, 0.15) is 26.7 Å². The van der Waals surface area contributed by atoms with Crippen molar-refractivity contribution in [1.82, 2.24) is 5.32 Å². The first-order chi connectivity index (χ1) is 6.77. The molecule has 0 aliphatic heterocycles. The Kier molecular flexibility index (Phi) is 5.01. The van der Waals surface area contributed by atoms with Crippen LogP contribution in [-0.4, -0.2) is 43.6 Å². The Morgan fingerprint density at radius 1 is 1.47 bits per heavy atom. The molecule has 0 heterocycles. The Bertz CT molecular complexity index is 230. The van der Waals surface area contributed by atoms with Crippen LogP contribution in [0.5, 0.6) is 0 Å². The Hall–Kier alpha value is -0.830. The van der Waals surface area contributed by atoms with E-state index in [1.807, 2.05) is 0 Å². The van der Waals surface area contributed by atoms with Crippen LogP contribution in [0.4, 0.5) is 0 Å². The molecule has 3 heteroatoms. The standard InChI is InChI=1S/C12H24N2O/c1-7-9-12(3,14(4,5)6)10-13-11(15)8-2/h8H,2,7,9-10H2,1,3-6H3/p+1. The maximum atomic E-state index is 11.2. The van der Waals surface area contributed by atoms with Crippen molar-refractivity contribution in [3.05, 3.63) is 12.7 Å².